The Morgan fingerprint density at radius 2 is 1.68 bits per heavy atom. The largest absolute Gasteiger partial charge is 0.496 e. The van der Waals surface area contributed by atoms with Crippen molar-refractivity contribution in [2.45, 2.75) is 44.9 Å². The molecule has 1 saturated carbocycles. The van der Waals surface area contributed by atoms with Gasteiger partial charge in [-0.15, -0.1) is 0 Å². The molecule has 0 atom stereocenters. The lowest BCUT2D eigenvalue weighted by Gasteiger charge is -2.27. The van der Waals surface area contributed by atoms with Gasteiger partial charge in [0.05, 0.1) is 37.8 Å². The summed E-state index contributed by atoms with van der Waals surface area (Å²) in [5.74, 6) is -1.91. The van der Waals surface area contributed by atoms with Crippen LogP contribution in [0.25, 0.3) is 10.9 Å². The van der Waals surface area contributed by atoms with Crippen molar-refractivity contribution in [2.75, 3.05) is 14.2 Å². The van der Waals surface area contributed by atoms with Crippen LogP contribution in [0.5, 0.6) is 5.75 Å². The summed E-state index contributed by atoms with van der Waals surface area (Å²) in [6.07, 6.45) is -2.65. The molecule has 2 aromatic carbocycles. The number of benzene rings is 2. The number of halogens is 4. The molecule has 1 aromatic heterocycles. The Hall–Kier alpha value is -3.63. The Morgan fingerprint density at radius 3 is 2.30 bits per heavy atom. The monoisotopic (exact) mass is 522 g/mol. The summed E-state index contributed by atoms with van der Waals surface area (Å²) < 4.78 is 66.9. The molecule has 11 heteroatoms. The number of esters is 1. The highest BCUT2D eigenvalue weighted by molar-refractivity contribution is 5.84. The van der Waals surface area contributed by atoms with Crippen LogP contribution in [-0.2, 0) is 28.8 Å². The SMILES string of the molecule is COc1cccc2c1c(=O)n(C[C@H]1CC[C@H](C(=O)OC)CC1)c(=O)n2Cc1cccc(C(F)(F)F)c1F. The second kappa shape index (κ2) is 10.4. The van der Waals surface area contributed by atoms with E-state index in [1.54, 1.807) is 0 Å². The molecule has 0 aliphatic heterocycles. The summed E-state index contributed by atoms with van der Waals surface area (Å²) in [7, 11) is 2.68. The van der Waals surface area contributed by atoms with Crippen molar-refractivity contribution < 1.29 is 31.8 Å². The van der Waals surface area contributed by atoms with E-state index in [0.717, 1.165) is 15.2 Å². The van der Waals surface area contributed by atoms with Gasteiger partial charge in [0, 0.05) is 12.1 Å². The number of aromatic nitrogens is 2. The average molecular weight is 522 g/mol. The highest BCUT2D eigenvalue weighted by Gasteiger charge is 2.35. The Bertz CT molecular complexity index is 1440. The molecule has 0 unspecified atom stereocenters. The Kier molecular flexibility index (Phi) is 7.42. The van der Waals surface area contributed by atoms with Crippen LogP contribution in [0.4, 0.5) is 17.6 Å². The molecule has 0 N–H and O–H groups in total. The maximum atomic E-state index is 14.8. The van der Waals surface area contributed by atoms with Gasteiger partial charge in [-0.1, -0.05) is 18.2 Å². The van der Waals surface area contributed by atoms with Crippen molar-refractivity contribution in [2.24, 2.45) is 11.8 Å². The summed E-state index contributed by atoms with van der Waals surface area (Å²) in [5.41, 5.74) is -3.02. The number of ether oxygens (including phenoxy) is 2. The van der Waals surface area contributed by atoms with Crippen LogP contribution in [0.3, 0.4) is 0 Å². The molecule has 1 aliphatic rings. The van der Waals surface area contributed by atoms with E-state index >= 15 is 0 Å². The lowest BCUT2D eigenvalue weighted by Crippen LogP contribution is -2.42. The fourth-order valence-electron chi connectivity index (χ4n) is 5.01. The summed E-state index contributed by atoms with van der Waals surface area (Å²) in [4.78, 5) is 38.9. The van der Waals surface area contributed by atoms with Gasteiger partial charge in [-0.25, -0.2) is 9.18 Å². The van der Waals surface area contributed by atoms with Crippen LogP contribution in [-0.4, -0.2) is 29.3 Å². The van der Waals surface area contributed by atoms with Crippen molar-refractivity contribution in [3.63, 3.8) is 0 Å². The van der Waals surface area contributed by atoms with E-state index in [2.05, 4.69) is 0 Å². The summed E-state index contributed by atoms with van der Waals surface area (Å²) in [5, 5.41) is 0.0697. The van der Waals surface area contributed by atoms with Gasteiger partial charge in [-0.2, -0.15) is 13.2 Å². The van der Waals surface area contributed by atoms with Crippen LogP contribution in [0.1, 0.15) is 36.8 Å². The number of carbonyl (C=O) groups is 1. The van der Waals surface area contributed by atoms with Crippen molar-refractivity contribution in [3.05, 3.63) is 74.2 Å². The number of hydrogen-bond donors (Lipinski definition) is 0. The molecule has 1 heterocycles. The first kappa shape index (κ1) is 26.4. The molecule has 3 aromatic rings. The molecule has 0 saturated heterocycles. The van der Waals surface area contributed by atoms with E-state index in [1.807, 2.05) is 0 Å². The number of hydrogen-bond acceptors (Lipinski definition) is 5. The fourth-order valence-corrected chi connectivity index (χ4v) is 5.01. The first-order valence-electron chi connectivity index (χ1n) is 11.8. The van der Waals surface area contributed by atoms with Crippen LogP contribution in [0.15, 0.2) is 46.0 Å². The van der Waals surface area contributed by atoms with Crippen LogP contribution >= 0.6 is 0 Å². The fraction of sp³-hybridized carbons (Fsp3) is 0.423. The predicted octanol–water partition coefficient (Wildman–Crippen LogP) is 4.36. The average Bonchev–Trinajstić information content (AvgIpc) is 2.88. The molecule has 0 radical (unpaired) electrons. The lowest BCUT2D eigenvalue weighted by atomic mass is 9.82. The second-order valence-electron chi connectivity index (χ2n) is 9.16. The van der Waals surface area contributed by atoms with Crippen molar-refractivity contribution in [1.29, 1.82) is 0 Å². The second-order valence-corrected chi connectivity index (χ2v) is 9.16. The third kappa shape index (κ3) is 5.12. The van der Waals surface area contributed by atoms with Gasteiger partial charge in [0.25, 0.3) is 5.56 Å². The van der Waals surface area contributed by atoms with Gasteiger partial charge >= 0.3 is 17.8 Å². The van der Waals surface area contributed by atoms with E-state index in [9.17, 15) is 31.9 Å². The minimum Gasteiger partial charge on any atom is -0.496 e. The molecular formula is C26H26F4N2O5. The predicted molar refractivity (Wildman–Crippen MR) is 127 cm³/mol. The Labute approximate surface area is 209 Å². The molecule has 7 nitrogen and oxygen atoms in total. The molecule has 0 spiro atoms. The van der Waals surface area contributed by atoms with Gasteiger partial charge in [0.15, 0.2) is 0 Å². The maximum absolute atomic E-state index is 14.8. The normalized spacial score (nSPS) is 18.1. The van der Waals surface area contributed by atoms with Crippen molar-refractivity contribution in [1.82, 2.24) is 9.13 Å². The van der Waals surface area contributed by atoms with Gasteiger partial charge in [0.1, 0.15) is 17.0 Å². The number of carbonyl (C=O) groups excluding carboxylic acids is 1. The standard InChI is InChI=1S/C26H26F4N2O5/c1-36-20-8-4-7-19-21(20)23(33)32(13-15-9-11-16(12-10-15)24(34)37-2)25(35)31(19)14-17-5-3-6-18(22(17)27)26(28,29)30/h3-8,15-16H,9-14H2,1-2H3/t15-,16-. The van der Waals surface area contributed by atoms with Gasteiger partial charge < -0.3 is 9.47 Å². The third-order valence-corrected chi connectivity index (χ3v) is 6.97. The smallest absolute Gasteiger partial charge is 0.419 e. The highest BCUT2D eigenvalue weighted by Crippen LogP contribution is 2.33. The zero-order valence-electron chi connectivity index (χ0n) is 20.3. The lowest BCUT2D eigenvalue weighted by molar-refractivity contribution is -0.147. The van der Waals surface area contributed by atoms with Gasteiger partial charge in [0.2, 0.25) is 0 Å². The molecule has 4 rings (SSSR count). The minimum atomic E-state index is -4.90. The number of alkyl halides is 3. The molecule has 198 valence electrons. The van der Waals surface area contributed by atoms with E-state index in [1.165, 1.54) is 38.5 Å². The zero-order chi connectivity index (χ0) is 26.9. The Morgan fingerprint density at radius 1 is 1.00 bits per heavy atom. The molecule has 0 bridgehead atoms. The highest BCUT2D eigenvalue weighted by atomic mass is 19.4. The Balaban J connectivity index is 1.80. The first-order valence-corrected chi connectivity index (χ1v) is 11.8. The van der Waals surface area contributed by atoms with Crippen molar-refractivity contribution >= 4 is 16.9 Å². The van der Waals surface area contributed by atoms with Crippen LogP contribution < -0.4 is 16.0 Å². The van der Waals surface area contributed by atoms with Gasteiger partial charge in [-0.3, -0.25) is 18.7 Å². The minimum absolute atomic E-state index is 0.0463. The van der Waals surface area contributed by atoms with E-state index in [-0.39, 0.29) is 46.6 Å². The van der Waals surface area contributed by atoms with Gasteiger partial charge in [-0.05, 0) is 49.8 Å². The molecule has 1 fully saturated rings. The molecule has 1 aliphatic carbocycles. The zero-order valence-corrected chi connectivity index (χ0v) is 20.3. The van der Waals surface area contributed by atoms with E-state index in [4.69, 9.17) is 9.47 Å². The number of nitrogens with zero attached hydrogens (tertiary/aromatic N) is 2. The molecule has 37 heavy (non-hydrogen) atoms. The summed E-state index contributed by atoms with van der Waals surface area (Å²) in [6, 6.07) is 7.43. The van der Waals surface area contributed by atoms with E-state index in [0.29, 0.717) is 31.7 Å². The van der Waals surface area contributed by atoms with Crippen molar-refractivity contribution in [3.8, 4) is 5.75 Å². The van der Waals surface area contributed by atoms with E-state index < -0.39 is 35.4 Å². The maximum Gasteiger partial charge on any atom is 0.419 e. The van der Waals surface area contributed by atoms with Crippen LogP contribution in [0.2, 0.25) is 0 Å². The number of fused-ring (bicyclic) bond motifs is 1. The number of rotatable bonds is 6. The summed E-state index contributed by atoms with van der Waals surface area (Å²) in [6.45, 7) is -0.474. The quantitative estimate of drug-likeness (QED) is 0.355. The molecular weight excluding hydrogens is 496 g/mol. The first-order chi connectivity index (χ1) is 17.6. The third-order valence-electron chi connectivity index (χ3n) is 6.97. The summed E-state index contributed by atoms with van der Waals surface area (Å²) >= 11 is 0. The number of methoxy groups -OCH3 is 2. The topological polar surface area (TPSA) is 79.5 Å². The molecule has 0 amide bonds. The van der Waals surface area contributed by atoms with Crippen LogP contribution in [0, 0.1) is 17.7 Å².